The third-order valence-corrected chi connectivity index (χ3v) is 7.14. The van der Waals surface area contributed by atoms with Gasteiger partial charge in [0.15, 0.2) is 0 Å². The highest BCUT2D eigenvalue weighted by Crippen LogP contribution is 2.62. The largest absolute Gasteiger partial charge is 0.310 e. The number of hydrogen-bond donors (Lipinski definition) is 0. The summed E-state index contributed by atoms with van der Waals surface area (Å²) in [5, 5.41) is 0. The van der Waals surface area contributed by atoms with Crippen molar-refractivity contribution in [3.63, 3.8) is 0 Å². The Balaban J connectivity index is 1.68. The number of pyridine rings is 1. The van der Waals surface area contributed by atoms with Gasteiger partial charge >= 0.3 is 0 Å². The standard InChI is InChI=1S/C30H21BN2/c31-20-16-17-22-23-11-8-18-32-29(23)30(26(22)19-20)24-12-4-6-14-27(24)33(21-9-2-1-3-10-21)28-15-7-5-13-25(28)30/h1-19H,31H2. The lowest BCUT2D eigenvalue weighted by atomic mass is 9.65. The summed E-state index contributed by atoms with van der Waals surface area (Å²) >= 11 is 0. The molecule has 0 saturated heterocycles. The fourth-order valence-corrected chi connectivity index (χ4v) is 5.90. The van der Waals surface area contributed by atoms with Crippen molar-refractivity contribution in [3.05, 3.63) is 138 Å². The van der Waals surface area contributed by atoms with Gasteiger partial charge in [-0.15, -0.1) is 0 Å². The summed E-state index contributed by atoms with van der Waals surface area (Å²) in [6, 6.07) is 39.5. The fourth-order valence-electron chi connectivity index (χ4n) is 5.90. The van der Waals surface area contributed by atoms with E-state index in [0.29, 0.717) is 0 Å². The minimum Gasteiger partial charge on any atom is -0.310 e. The Morgan fingerprint density at radius 1 is 0.606 bits per heavy atom. The molecular formula is C30H21BN2. The number of rotatable bonds is 1. The molecule has 5 aromatic rings. The molecule has 0 N–H and O–H groups in total. The third kappa shape index (κ3) is 2.31. The van der Waals surface area contributed by atoms with Crippen LogP contribution in [0.1, 0.15) is 22.4 Å². The molecule has 0 amide bonds. The number of benzene rings is 4. The molecule has 0 bridgehead atoms. The zero-order valence-corrected chi connectivity index (χ0v) is 18.4. The first-order valence-corrected chi connectivity index (χ1v) is 11.4. The molecule has 1 aliphatic carbocycles. The van der Waals surface area contributed by atoms with Crippen LogP contribution >= 0.6 is 0 Å². The number of fused-ring (bicyclic) bond motifs is 9. The van der Waals surface area contributed by atoms with Crippen molar-refractivity contribution in [3.8, 4) is 11.1 Å². The second kappa shape index (κ2) is 6.70. The second-order valence-electron chi connectivity index (χ2n) is 8.90. The normalized spacial score (nSPS) is 14.4. The first-order chi connectivity index (χ1) is 16.3. The van der Waals surface area contributed by atoms with Crippen LogP contribution in [0.2, 0.25) is 0 Å². The summed E-state index contributed by atoms with van der Waals surface area (Å²) in [6.07, 6.45) is 1.94. The van der Waals surface area contributed by atoms with Crippen molar-refractivity contribution < 1.29 is 0 Å². The van der Waals surface area contributed by atoms with Crippen LogP contribution in [-0.4, -0.2) is 12.8 Å². The van der Waals surface area contributed by atoms with E-state index in [-0.39, 0.29) is 0 Å². The molecule has 0 atom stereocenters. The van der Waals surface area contributed by atoms with Gasteiger partial charge in [0.1, 0.15) is 7.85 Å². The van der Waals surface area contributed by atoms with Crippen molar-refractivity contribution in [2.75, 3.05) is 4.90 Å². The van der Waals surface area contributed by atoms with Gasteiger partial charge < -0.3 is 4.90 Å². The first-order valence-electron chi connectivity index (χ1n) is 11.4. The Morgan fingerprint density at radius 3 is 2.00 bits per heavy atom. The zero-order valence-electron chi connectivity index (χ0n) is 18.4. The van der Waals surface area contributed by atoms with Gasteiger partial charge in [0, 0.05) is 17.4 Å². The monoisotopic (exact) mass is 420 g/mol. The molecule has 1 aliphatic heterocycles. The maximum atomic E-state index is 5.06. The van der Waals surface area contributed by atoms with Crippen LogP contribution in [0.15, 0.2) is 115 Å². The minimum absolute atomic E-state index is 0.448. The van der Waals surface area contributed by atoms with Gasteiger partial charge in [-0.1, -0.05) is 84.3 Å². The van der Waals surface area contributed by atoms with E-state index in [4.69, 9.17) is 4.98 Å². The average Bonchev–Trinajstić information content (AvgIpc) is 3.15. The summed E-state index contributed by atoms with van der Waals surface area (Å²) in [4.78, 5) is 7.45. The Morgan fingerprint density at radius 2 is 1.27 bits per heavy atom. The number of para-hydroxylation sites is 3. The van der Waals surface area contributed by atoms with Crippen LogP contribution in [0.3, 0.4) is 0 Å². The fraction of sp³-hybridized carbons (Fsp3) is 0.0333. The van der Waals surface area contributed by atoms with Crippen molar-refractivity contribution in [1.29, 1.82) is 0 Å². The average molecular weight is 420 g/mol. The Labute approximate surface area is 194 Å². The molecule has 33 heavy (non-hydrogen) atoms. The SMILES string of the molecule is Bc1ccc2c(c1)C1(c3ccccc3N(c3ccccc3)c3ccccc31)c1ncccc1-2. The Hall–Kier alpha value is -4.11. The quantitative estimate of drug-likeness (QED) is 0.327. The highest BCUT2D eigenvalue weighted by Gasteiger charge is 2.52. The van der Waals surface area contributed by atoms with Crippen LogP contribution in [0.4, 0.5) is 17.1 Å². The van der Waals surface area contributed by atoms with Gasteiger partial charge in [0.25, 0.3) is 0 Å². The van der Waals surface area contributed by atoms with Crippen LogP contribution in [0.5, 0.6) is 0 Å². The van der Waals surface area contributed by atoms with Gasteiger partial charge in [0.2, 0.25) is 0 Å². The molecule has 3 heteroatoms. The van der Waals surface area contributed by atoms with Crippen LogP contribution in [0.25, 0.3) is 11.1 Å². The molecule has 1 spiro atoms. The van der Waals surface area contributed by atoms with Gasteiger partial charge in [-0.3, -0.25) is 4.98 Å². The predicted octanol–water partition coefficient (Wildman–Crippen LogP) is 5.49. The smallest absolute Gasteiger partial charge is 0.139 e. The van der Waals surface area contributed by atoms with E-state index in [1.807, 2.05) is 6.20 Å². The van der Waals surface area contributed by atoms with Gasteiger partial charge in [-0.2, -0.15) is 0 Å². The lowest BCUT2D eigenvalue weighted by Crippen LogP contribution is -2.37. The van der Waals surface area contributed by atoms with E-state index >= 15 is 0 Å². The lowest BCUT2D eigenvalue weighted by molar-refractivity contribution is 0.725. The molecule has 0 fully saturated rings. The van der Waals surface area contributed by atoms with Crippen molar-refractivity contribution in [2.24, 2.45) is 0 Å². The number of aromatic nitrogens is 1. The molecule has 2 aliphatic rings. The highest BCUT2D eigenvalue weighted by atomic mass is 15.2. The Bertz CT molecular complexity index is 1490. The van der Waals surface area contributed by atoms with Crippen molar-refractivity contribution in [2.45, 2.75) is 5.41 Å². The van der Waals surface area contributed by atoms with E-state index in [0.717, 1.165) is 11.4 Å². The lowest BCUT2D eigenvalue weighted by Gasteiger charge is -2.44. The number of anilines is 3. The molecule has 154 valence electrons. The predicted molar refractivity (Wildman–Crippen MR) is 138 cm³/mol. The molecular weight excluding hydrogens is 399 g/mol. The molecule has 0 radical (unpaired) electrons. The molecule has 1 aromatic heterocycles. The zero-order chi connectivity index (χ0) is 22.0. The maximum Gasteiger partial charge on any atom is 0.139 e. The third-order valence-electron chi connectivity index (χ3n) is 7.14. The van der Waals surface area contributed by atoms with Crippen LogP contribution in [-0.2, 0) is 5.41 Å². The molecule has 2 heterocycles. The van der Waals surface area contributed by atoms with Crippen molar-refractivity contribution >= 4 is 30.4 Å². The minimum atomic E-state index is -0.448. The van der Waals surface area contributed by atoms with Crippen LogP contribution in [0, 0.1) is 0 Å². The topological polar surface area (TPSA) is 16.1 Å². The van der Waals surface area contributed by atoms with E-state index in [2.05, 4.69) is 122 Å². The number of nitrogens with zero attached hydrogens (tertiary/aromatic N) is 2. The molecule has 2 nitrogen and oxygen atoms in total. The van der Waals surface area contributed by atoms with Gasteiger partial charge in [0.05, 0.1) is 22.5 Å². The van der Waals surface area contributed by atoms with E-state index < -0.39 is 5.41 Å². The number of hydrogen-bond acceptors (Lipinski definition) is 2. The molecule has 0 saturated carbocycles. The first kappa shape index (κ1) is 18.5. The summed E-state index contributed by atoms with van der Waals surface area (Å²) in [5.41, 5.74) is 11.9. The Kier molecular flexibility index (Phi) is 3.75. The van der Waals surface area contributed by atoms with Gasteiger partial charge in [-0.25, -0.2) is 0 Å². The molecule has 4 aromatic carbocycles. The molecule has 0 unspecified atom stereocenters. The van der Waals surface area contributed by atoms with E-state index in [1.165, 1.54) is 44.7 Å². The molecule has 7 rings (SSSR count). The highest BCUT2D eigenvalue weighted by molar-refractivity contribution is 6.32. The summed E-state index contributed by atoms with van der Waals surface area (Å²) in [6.45, 7) is 0. The summed E-state index contributed by atoms with van der Waals surface area (Å²) < 4.78 is 0. The van der Waals surface area contributed by atoms with Gasteiger partial charge in [-0.05, 0) is 52.6 Å². The van der Waals surface area contributed by atoms with Crippen molar-refractivity contribution in [1.82, 2.24) is 4.98 Å². The second-order valence-corrected chi connectivity index (χ2v) is 8.90. The summed E-state index contributed by atoms with van der Waals surface area (Å²) in [5.74, 6) is 0. The maximum absolute atomic E-state index is 5.06. The van der Waals surface area contributed by atoms with E-state index in [9.17, 15) is 0 Å². The van der Waals surface area contributed by atoms with Crippen LogP contribution < -0.4 is 10.4 Å². The van der Waals surface area contributed by atoms with E-state index in [1.54, 1.807) is 0 Å². The summed E-state index contributed by atoms with van der Waals surface area (Å²) in [7, 11) is 2.18.